The van der Waals surface area contributed by atoms with Crippen molar-refractivity contribution in [3.63, 3.8) is 0 Å². The van der Waals surface area contributed by atoms with Gasteiger partial charge in [-0.1, -0.05) is 12.8 Å². The molecule has 0 radical (unpaired) electrons. The van der Waals surface area contributed by atoms with Crippen LogP contribution in [0.4, 0.5) is 10.1 Å². The molecule has 2 saturated carbocycles. The molecule has 3 fully saturated rings. The molecule has 4 aliphatic rings. The largest absolute Gasteiger partial charge is 0.366 e. The molecule has 5 rings (SSSR count). The number of hydrogen-bond acceptors (Lipinski definition) is 5. The summed E-state index contributed by atoms with van der Waals surface area (Å²) in [4.78, 5) is 52.5. The second-order valence-corrected chi connectivity index (χ2v) is 9.52. The number of benzene rings is 1. The van der Waals surface area contributed by atoms with Gasteiger partial charge < -0.3 is 9.80 Å². The van der Waals surface area contributed by atoms with Crippen molar-refractivity contribution in [2.24, 2.45) is 5.92 Å². The van der Waals surface area contributed by atoms with Gasteiger partial charge >= 0.3 is 0 Å². The summed E-state index contributed by atoms with van der Waals surface area (Å²) in [6.45, 7) is 0.850. The van der Waals surface area contributed by atoms with E-state index in [0.717, 1.165) is 6.42 Å². The quantitative estimate of drug-likeness (QED) is 0.686. The summed E-state index contributed by atoms with van der Waals surface area (Å²) in [5.74, 6) is -0.544. The third-order valence-electron chi connectivity index (χ3n) is 7.36. The Morgan fingerprint density at radius 1 is 1.00 bits per heavy atom. The third-order valence-corrected chi connectivity index (χ3v) is 7.36. The molecule has 1 aromatic rings. The number of anilines is 1. The number of ketones is 1. The van der Waals surface area contributed by atoms with Gasteiger partial charge in [-0.3, -0.25) is 24.5 Å². The Morgan fingerprint density at radius 3 is 2.44 bits per heavy atom. The van der Waals surface area contributed by atoms with E-state index in [1.165, 1.54) is 29.9 Å². The van der Waals surface area contributed by atoms with Gasteiger partial charge in [-0.05, 0) is 43.7 Å². The van der Waals surface area contributed by atoms with Crippen LogP contribution in [0.15, 0.2) is 12.1 Å². The first-order valence-electron chi connectivity index (χ1n) is 11.7. The Kier molecular flexibility index (Phi) is 5.47. The van der Waals surface area contributed by atoms with Crippen LogP contribution in [0.2, 0.25) is 0 Å². The highest BCUT2D eigenvalue weighted by Crippen LogP contribution is 2.40. The Labute approximate surface area is 186 Å². The first-order valence-corrected chi connectivity index (χ1v) is 11.7. The van der Waals surface area contributed by atoms with Crippen molar-refractivity contribution in [2.45, 2.75) is 76.4 Å². The van der Waals surface area contributed by atoms with E-state index in [9.17, 15) is 19.2 Å². The van der Waals surface area contributed by atoms with Crippen LogP contribution in [-0.2, 0) is 20.9 Å². The molecule has 7 nitrogen and oxygen atoms in total. The minimum atomic E-state index is -0.726. The number of halogens is 1. The molecule has 0 bridgehead atoms. The van der Waals surface area contributed by atoms with Crippen LogP contribution in [0, 0.1) is 11.7 Å². The molecule has 2 aliphatic carbocycles. The molecule has 3 amide bonds. The lowest BCUT2D eigenvalue weighted by molar-refractivity contribution is -0.137. The van der Waals surface area contributed by atoms with E-state index in [1.54, 1.807) is 0 Å². The molecule has 1 aromatic carbocycles. The Balaban J connectivity index is 1.47. The van der Waals surface area contributed by atoms with Gasteiger partial charge in [0.05, 0.1) is 5.69 Å². The van der Waals surface area contributed by atoms with Crippen molar-refractivity contribution >= 4 is 29.2 Å². The molecule has 1 unspecified atom stereocenters. The number of rotatable bonds is 6. The number of carbonyl (C=O) groups is 4. The van der Waals surface area contributed by atoms with Gasteiger partial charge in [-0.15, -0.1) is 0 Å². The summed E-state index contributed by atoms with van der Waals surface area (Å²) in [6.07, 6.45) is 6.22. The zero-order valence-electron chi connectivity index (χ0n) is 18.1. The Morgan fingerprint density at radius 2 is 1.75 bits per heavy atom. The van der Waals surface area contributed by atoms with E-state index >= 15 is 4.39 Å². The molecule has 2 heterocycles. The fourth-order valence-electron chi connectivity index (χ4n) is 5.35. The molecule has 0 aromatic heterocycles. The van der Waals surface area contributed by atoms with E-state index in [4.69, 9.17) is 0 Å². The van der Waals surface area contributed by atoms with E-state index in [0.29, 0.717) is 55.0 Å². The Bertz CT molecular complexity index is 980. The van der Waals surface area contributed by atoms with Gasteiger partial charge in [0.2, 0.25) is 11.8 Å². The van der Waals surface area contributed by atoms with Crippen LogP contribution in [0.1, 0.15) is 73.7 Å². The van der Waals surface area contributed by atoms with Crippen molar-refractivity contribution in [3.8, 4) is 0 Å². The number of amides is 3. The third kappa shape index (κ3) is 3.91. The predicted molar refractivity (Wildman–Crippen MR) is 114 cm³/mol. The smallest absolute Gasteiger partial charge is 0.255 e. The fourth-order valence-corrected chi connectivity index (χ4v) is 5.35. The lowest BCUT2D eigenvalue weighted by atomic mass is 9.91. The maximum Gasteiger partial charge on any atom is 0.255 e. The van der Waals surface area contributed by atoms with Crippen molar-refractivity contribution in [1.29, 1.82) is 0 Å². The van der Waals surface area contributed by atoms with Gasteiger partial charge in [-0.2, -0.15) is 0 Å². The predicted octanol–water partition coefficient (Wildman–Crippen LogP) is 2.70. The Hall–Kier alpha value is -2.77. The van der Waals surface area contributed by atoms with Gasteiger partial charge in [-0.25, -0.2) is 4.39 Å². The minimum absolute atomic E-state index is 0.0622. The standard InChI is InChI=1S/C24H28FN3O4/c25-19-8-7-17-18(13-28(24(17)32)20-9-10-21(30)26-23(20)31)22(19)27(12-11-14-1-2-14)15-3-5-16(29)6-4-15/h7-8,14-15,20H,1-6,9-13H2,(H,26,30,31). The number of fused-ring (bicyclic) bond motifs is 1. The maximum atomic E-state index is 15.3. The highest BCUT2D eigenvalue weighted by molar-refractivity contribution is 6.06. The molecule has 0 spiro atoms. The van der Waals surface area contributed by atoms with Crippen molar-refractivity contribution in [3.05, 3.63) is 29.1 Å². The summed E-state index contributed by atoms with van der Waals surface area (Å²) in [7, 11) is 0. The van der Waals surface area contributed by atoms with Crippen LogP contribution >= 0.6 is 0 Å². The number of nitrogens with zero attached hydrogens (tertiary/aromatic N) is 2. The normalized spacial score (nSPS) is 24.0. The molecule has 1 atom stereocenters. The van der Waals surface area contributed by atoms with Crippen molar-refractivity contribution in [2.75, 3.05) is 11.4 Å². The summed E-state index contributed by atoms with van der Waals surface area (Å²) in [6, 6.07) is 2.19. The first-order chi connectivity index (χ1) is 15.4. The van der Waals surface area contributed by atoms with Crippen LogP contribution in [0.3, 0.4) is 0 Å². The summed E-state index contributed by atoms with van der Waals surface area (Å²) in [5.41, 5.74) is 1.49. The number of hydrogen-bond donors (Lipinski definition) is 1. The van der Waals surface area contributed by atoms with Crippen LogP contribution in [0.25, 0.3) is 0 Å². The minimum Gasteiger partial charge on any atom is -0.366 e. The summed E-state index contributed by atoms with van der Waals surface area (Å²) < 4.78 is 15.3. The monoisotopic (exact) mass is 441 g/mol. The maximum absolute atomic E-state index is 15.3. The van der Waals surface area contributed by atoms with Crippen LogP contribution < -0.4 is 10.2 Å². The van der Waals surface area contributed by atoms with Crippen LogP contribution in [-0.4, -0.2) is 47.0 Å². The lowest BCUT2D eigenvalue weighted by Gasteiger charge is -2.37. The highest BCUT2D eigenvalue weighted by Gasteiger charge is 2.42. The molecule has 32 heavy (non-hydrogen) atoms. The van der Waals surface area contributed by atoms with Gasteiger partial charge in [0.25, 0.3) is 5.91 Å². The lowest BCUT2D eigenvalue weighted by Crippen LogP contribution is -2.52. The van der Waals surface area contributed by atoms with Gasteiger partial charge in [0, 0.05) is 49.5 Å². The number of carbonyl (C=O) groups excluding carboxylic acids is 4. The van der Waals surface area contributed by atoms with Gasteiger partial charge in [0.15, 0.2) is 0 Å². The van der Waals surface area contributed by atoms with Crippen molar-refractivity contribution in [1.82, 2.24) is 10.2 Å². The molecular weight excluding hydrogens is 413 g/mol. The average Bonchev–Trinajstić information content (AvgIpc) is 3.53. The van der Waals surface area contributed by atoms with Crippen LogP contribution in [0.5, 0.6) is 0 Å². The molecule has 2 aliphatic heterocycles. The van der Waals surface area contributed by atoms with Crippen molar-refractivity contribution < 1.29 is 23.6 Å². The number of Topliss-reactive ketones (excluding diaryl/α,β-unsaturated/α-hetero) is 1. The zero-order chi connectivity index (χ0) is 22.4. The SMILES string of the molecule is O=C1CCC(N(CCC2CC2)c2c(F)ccc3c2CN(C2CCC(=O)NC2=O)C3=O)CC1. The summed E-state index contributed by atoms with van der Waals surface area (Å²) in [5, 5.41) is 2.31. The van der Waals surface area contributed by atoms with E-state index < -0.39 is 11.9 Å². The number of imide groups is 1. The van der Waals surface area contributed by atoms with E-state index in [-0.39, 0.29) is 48.8 Å². The molecular formula is C24H28FN3O4. The fraction of sp³-hybridized carbons (Fsp3) is 0.583. The molecule has 1 N–H and O–H groups in total. The van der Waals surface area contributed by atoms with E-state index in [2.05, 4.69) is 10.2 Å². The second-order valence-electron chi connectivity index (χ2n) is 9.52. The van der Waals surface area contributed by atoms with E-state index in [1.807, 2.05) is 0 Å². The number of piperidine rings is 1. The zero-order valence-corrected chi connectivity index (χ0v) is 18.1. The molecule has 170 valence electrons. The second kappa shape index (κ2) is 8.30. The first kappa shape index (κ1) is 21.1. The number of nitrogens with one attached hydrogen (secondary N) is 1. The highest BCUT2D eigenvalue weighted by atomic mass is 19.1. The molecule has 8 heteroatoms. The summed E-state index contributed by atoms with van der Waals surface area (Å²) >= 11 is 0. The topological polar surface area (TPSA) is 86.8 Å². The molecule has 1 saturated heterocycles. The average molecular weight is 442 g/mol. The van der Waals surface area contributed by atoms with Gasteiger partial charge in [0.1, 0.15) is 17.6 Å².